The van der Waals surface area contributed by atoms with Crippen molar-refractivity contribution in [1.82, 2.24) is 4.90 Å². The molecule has 2 unspecified atom stereocenters. The molecule has 0 aliphatic carbocycles. The molecule has 0 bridgehead atoms. The number of ether oxygens (including phenoxy) is 3. The Bertz CT molecular complexity index is 581. The van der Waals surface area contributed by atoms with E-state index in [2.05, 4.69) is 6.92 Å². The molecule has 5 nitrogen and oxygen atoms in total. The molecule has 1 aliphatic rings. The van der Waals surface area contributed by atoms with E-state index in [4.69, 9.17) is 14.2 Å². The minimum Gasteiger partial charge on any atom is -0.494 e. The Kier molecular flexibility index (Phi) is 11.0. The van der Waals surface area contributed by atoms with Gasteiger partial charge in [-0.2, -0.15) is 0 Å². The molecule has 6 heteroatoms. The highest BCUT2D eigenvalue weighted by molar-refractivity contribution is 5.69. The molecule has 1 fully saturated rings. The van der Waals surface area contributed by atoms with Crippen LogP contribution in [0.2, 0.25) is 0 Å². The van der Waals surface area contributed by atoms with Crippen LogP contribution in [0.15, 0.2) is 24.3 Å². The van der Waals surface area contributed by atoms with Gasteiger partial charge in [0.2, 0.25) is 0 Å². The zero-order valence-electron chi connectivity index (χ0n) is 17.9. The average Bonchev–Trinajstić information content (AvgIpc) is 2.74. The van der Waals surface area contributed by atoms with Crippen molar-refractivity contribution in [2.75, 3.05) is 32.9 Å². The predicted molar refractivity (Wildman–Crippen MR) is 112 cm³/mol. The van der Waals surface area contributed by atoms with Crippen LogP contribution >= 0.6 is 0 Å². The third-order valence-corrected chi connectivity index (χ3v) is 5.15. The van der Waals surface area contributed by atoms with Crippen molar-refractivity contribution in [3.8, 4) is 5.75 Å². The molecule has 1 heterocycles. The number of esters is 1. The smallest absolute Gasteiger partial charge is 0.310 e. The lowest BCUT2D eigenvalue weighted by atomic mass is 10.1. The molecule has 2 rings (SSSR count). The summed E-state index contributed by atoms with van der Waals surface area (Å²) in [6.45, 7) is 6.26. The van der Waals surface area contributed by atoms with Crippen LogP contribution in [0.25, 0.3) is 0 Å². The highest BCUT2D eigenvalue weighted by Crippen LogP contribution is 2.26. The van der Waals surface area contributed by atoms with Gasteiger partial charge in [0.05, 0.1) is 32.3 Å². The maximum absolute atomic E-state index is 14.4. The molecule has 0 N–H and O–H groups in total. The van der Waals surface area contributed by atoms with Crippen molar-refractivity contribution in [3.63, 3.8) is 0 Å². The first-order chi connectivity index (χ1) is 14.1. The number of benzene rings is 1. The molecule has 1 aromatic carbocycles. The van der Waals surface area contributed by atoms with E-state index >= 15 is 0 Å². The van der Waals surface area contributed by atoms with Gasteiger partial charge >= 0.3 is 5.97 Å². The lowest BCUT2D eigenvalue weighted by Crippen LogP contribution is -2.43. The van der Waals surface area contributed by atoms with Crippen molar-refractivity contribution < 1.29 is 23.4 Å². The summed E-state index contributed by atoms with van der Waals surface area (Å²) in [5.74, 6) is 0.343. The summed E-state index contributed by atoms with van der Waals surface area (Å²) < 4.78 is 30.9. The van der Waals surface area contributed by atoms with Crippen molar-refractivity contribution in [1.29, 1.82) is 0 Å². The summed E-state index contributed by atoms with van der Waals surface area (Å²) in [4.78, 5) is 13.2. The summed E-state index contributed by atoms with van der Waals surface area (Å²) in [5.41, 5.74) is 0.991. The van der Waals surface area contributed by atoms with Crippen molar-refractivity contribution in [3.05, 3.63) is 29.8 Å². The Morgan fingerprint density at radius 1 is 1.17 bits per heavy atom. The van der Waals surface area contributed by atoms with Gasteiger partial charge in [0.1, 0.15) is 5.75 Å². The highest BCUT2D eigenvalue weighted by atomic mass is 19.1. The summed E-state index contributed by atoms with van der Waals surface area (Å²) in [6.07, 6.45) is 5.64. The number of halogens is 1. The molecule has 0 radical (unpaired) electrons. The largest absolute Gasteiger partial charge is 0.494 e. The fourth-order valence-electron chi connectivity index (χ4n) is 3.46. The number of unbranched alkanes of at least 4 members (excludes halogenated alkanes) is 5. The molecule has 1 aliphatic heterocycles. The van der Waals surface area contributed by atoms with E-state index in [0.717, 1.165) is 24.3 Å². The monoisotopic (exact) mass is 409 g/mol. The molecule has 0 aromatic heterocycles. The van der Waals surface area contributed by atoms with E-state index in [1.54, 1.807) is 11.8 Å². The molecule has 0 amide bonds. The SMILES string of the molecule is CCCCCCCCOc1ccc(C2CN(C(F)CC(=O)OCC)CCO2)cc1. The van der Waals surface area contributed by atoms with E-state index in [9.17, 15) is 9.18 Å². The Morgan fingerprint density at radius 3 is 2.62 bits per heavy atom. The fourth-order valence-corrected chi connectivity index (χ4v) is 3.46. The van der Waals surface area contributed by atoms with Crippen LogP contribution < -0.4 is 4.74 Å². The van der Waals surface area contributed by atoms with E-state index < -0.39 is 12.3 Å². The Hall–Kier alpha value is -1.66. The second kappa shape index (κ2) is 13.5. The first-order valence-corrected chi connectivity index (χ1v) is 11.0. The van der Waals surface area contributed by atoms with Gasteiger partial charge in [-0.15, -0.1) is 0 Å². The Balaban J connectivity index is 1.74. The first kappa shape index (κ1) is 23.6. The number of alkyl halides is 1. The average molecular weight is 410 g/mol. The summed E-state index contributed by atoms with van der Waals surface area (Å²) in [5, 5.41) is 0. The lowest BCUT2D eigenvalue weighted by molar-refractivity contribution is -0.148. The number of carbonyl (C=O) groups is 1. The van der Waals surface area contributed by atoms with Gasteiger partial charge in [-0.3, -0.25) is 9.69 Å². The molecule has 1 saturated heterocycles. The van der Waals surface area contributed by atoms with Gasteiger partial charge in [0.15, 0.2) is 6.30 Å². The number of morpholine rings is 1. The molecule has 2 atom stereocenters. The number of carbonyl (C=O) groups excluding carboxylic acids is 1. The molecule has 29 heavy (non-hydrogen) atoms. The fraction of sp³-hybridized carbons (Fsp3) is 0.696. The van der Waals surface area contributed by atoms with Crippen LogP contribution in [0.1, 0.15) is 70.5 Å². The molecule has 0 spiro atoms. The van der Waals surface area contributed by atoms with Crippen molar-refractivity contribution in [2.24, 2.45) is 0 Å². The molecular formula is C23H36FNO4. The third kappa shape index (κ3) is 8.70. The second-order valence-electron chi connectivity index (χ2n) is 7.48. The van der Waals surface area contributed by atoms with E-state index in [0.29, 0.717) is 19.7 Å². The van der Waals surface area contributed by atoms with Gasteiger partial charge in [-0.1, -0.05) is 51.2 Å². The van der Waals surface area contributed by atoms with E-state index in [-0.39, 0.29) is 19.1 Å². The zero-order valence-corrected chi connectivity index (χ0v) is 17.9. The molecule has 1 aromatic rings. The first-order valence-electron chi connectivity index (χ1n) is 11.0. The standard InChI is InChI=1S/C23H36FNO4/c1-3-5-6-7-8-9-15-28-20-12-10-19(11-13-20)21-18-25(14-16-29-21)22(24)17-23(26)27-4-2/h10-13,21-22H,3-9,14-18H2,1-2H3. The minimum atomic E-state index is -1.35. The quantitative estimate of drug-likeness (QED) is 0.259. The topological polar surface area (TPSA) is 48.0 Å². The molecule has 0 saturated carbocycles. The molecule has 164 valence electrons. The zero-order chi connectivity index (χ0) is 20.9. The van der Waals surface area contributed by atoms with Gasteiger partial charge in [-0.05, 0) is 31.0 Å². The number of hydrogen-bond acceptors (Lipinski definition) is 5. The number of rotatable bonds is 13. The normalized spacial score (nSPS) is 18.4. The maximum Gasteiger partial charge on any atom is 0.310 e. The van der Waals surface area contributed by atoms with Crippen LogP contribution in [0.3, 0.4) is 0 Å². The summed E-state index contributed by atoms with van der Waals surface area (Å²) >= 11 is 0. The van der Waals surface area contributed by atoms with Gasteiger partial charge in [0.25, 0.3) is 0 Å². The van der Waals surface area contributed by atoms with E-state index in [1.807, 2.05) is 24.3 Å². The number of hydrogen-bond donors (Lipinski definition) is 0. The number of nitrogens with zero attached hydrogens (tertiary/aromatic N) is 1. The van der Waals surface area contributed by atoms with Crippen LogP contribution in [0, 0.1) is 0 Å². The van der Waals surface area contributed by atoms with Crippen LogP contribution in [-0.2, 0) is 14.3 Å². The lowest BCUT2D eigenvalue weighted by Gasteiger charge is -2.34. The van der Waals surface area contributed by atoms with Crippen LogP contribution in [-0.4, -0.2) is 50.1 Å². The Labute approximate surface area is 174 Å². The van der Waals surface area contributed by atoms with Crippen molar-refractivity contribution >= 4 is 5.97 Å². The summed E-state index contributed by atoms with van der Waals surface area (Å²) in [6, 6.07) is 7.84. The van der Waals surface area contributed by atoms with Gasteiger partial charge in [-0.25, -0.2) is 4.39 Å². The second-order valence-corrected chi connectivity index (χ2v) is 7.48. The third-order valence-electron chi connectivity index (χ3n) is 5.15. The van der Waals surface area contributed by atoms with Crippen LogP contribution in [0.5, 0.6) is 5.75 Å². The molecular weight excluding hydrogens is 373 g/mol. The van der Waals surface area contributed by atoms with Crippen molar-refractivity contribution in [2.45, 2.75) is 71.2 Å². The minimum absolute atomic E-state index is 0.211. The predicted octanol–water partition coefficient (Wildman–Crippen LogP) is 5.05. The van der Waals surface area contributed by atoms with Gasteiger partial charge < -0.3 is 14.2 Å². The highest BCUT2D eigenvalue weighted by Gasteiger charge is 2.29. The summed E-state index contributed by atoms with van der Waals surface area (Å²) in [7, 11) is 0. The Morgan fingerprint density at radius 2 is 1.90 bits per heavy atom. The van der Waals surface area contributed by atoms with Crippen LogP contribution in [0.4, 0.5) is 4.39 Å². The maximum atomic E-state index is 14.4. The van der Waals surface area contributed by atoms with E-state index in [1.165, 1.54) is 32.1 Å². The van der Waals surface area contributed by atoms with Gasteiger partial charge in [0, 0.05) is 13.1 Å².